The lowest BCUT2D eigenvalue weighted by Gasteiger charge is -2.44. The Hall–Kier alpha value is -1.26. The minimum Gasteiger partial charge on any atom is -0.496 e. The van der Waals surface area contributed by atoms with Crippen LogP contribution in [-0.2, 0) is 10.3 Å². The van der Waals surface area contributed by atoms with Crippen molar-refractivity contribution in [1.82, 2.24) is 0 Å². The molecule has 0 atom stereocenters. The van der Waals surface area contributed by atoms with Crippen LogP contribution in [0.5, 0.6) is 11.5 Å². The molecule has 0 heterocycles. The van der Waals surface area contributed by atoms with Crippen molar-refractivity contribution < 1.29 is 19.3 Å². The van der Waals surface area contributed by atoms with Gasteiger partial charge in [-0.05, 0) is 19.1 Å². The standard InChI is InChI=1S/C14H20O4/c1-4-18-10-8-14(15,9-10)13-11(16-2)6-5-7-12(13)17-3/h5-7,10,15H,4,8-9H2,1-3H3. The van der Waals surface area contributed by atoms with E-state index in [2.05, 4.69) is 0 Å². The van der Waals surface area contributed by atoms with Gasteiger partial charge in [-0.15, -0.1) is 0 Å². The van der Waals surface area contributed by atoms with Gasteiger partial charge in [-0.2, -0.15) is 0 Å². The summed E-state index contributed by atoms with van der Waals surface area (Å²) in [6.07, 6.45) is 1.28. The smallest absolute Gasteiger partial charge is 0.128 e. The van der Waals surface area contributed by atoms with Crippen LogP contribution in [0.25, 0.3) is 0 Å². The summed E-state index contributed by atoms with van der Waals surface area (Å²) >= 11 is 0. The van der Waals surface area contributed by atoms with Gasteiger partial charge in [0.15, 0.2) is 0 Å². The van der Waals surface area contributed by atoms with Crippen LogP contribution in [0.15, 0.2) is 18.2 Å². The maximum Gasteiger partial charge on any atom is 0.128 e. The van der Waals surface area contributed by atoms with Crippen molar-refractivity contribution in [2.45, 2.75) is 31.5 Å². The molecular formula is C14H20O4. The van der Waals surface area contributed by atoms with Crippen LogP contribution in [0.4, 0.5) is 0 Å². The minimum absolute atomic E-state index is 0.120. The lowest BCUT2D eigenvalue weighted by Crippen LogP contribution is -2.46. The quantitative estimate of drug-likeness (QED) is 0.871. The van der Waals surface area contributed by atoms with Crippen LogP contribution in [0.3, 0.4) is 0 Å². The number of hydrogen-bond donors (Lipinski definition) is 1. The summed E-state index contributed by atoms with van der Waals surface area (Å²) in [6.45, 7) is 2.63. The van der Waals surface area contributed by atoms with Crippen molar-refractivity contribution in [2.75, 3.05) is 20.8 Å². The predicted molar refractivity (Wildman–Crippen MR) is 68.1 cm³/mol. The molecule has 4 heteroatoms. The Morgan fingerprint density at radius 1 is 1.22 bits per heavy atom. The van der Waals surface area contributed by atoms with Crippen molar-refractivity contribution in [2.24, 2.45) is 0 Å². The molecular weight excluding hydrogens is 232 g/mol. The van der Waals surface area contributed by atoms with Gasteiger partial charge in [0.25, 0.3) is 0 Å². The molecule has 0 amide bonds. The summed E-state index contributed by atoms with van der Waals surface area (Å²) in [4.78, 5) is 0. The Bertz CT molecular complexity index is 388. The number of hydrogen-bond acceptors (Lipinski definition) is 4. The zero-order chi connectivity index (χ0) is 13.2. The second-order valence-electron chi connectivity index (χ2n) is 4.55. The molecule has 0 unspecified atom stereocenters. The molecule has 1 saturated carbocycles. The van der Waals surface area contributed by atoms with Gasteiger partial charge < -0.3 is 19.3 Å². The lowest BCUT2D eigenvalue weighted by atomic mass is 9.72. The number of rotatable bonds is 5. The van der Waals surface area contributed by atoms with Crippen molar-refractivity contribution in [3.05, 3.63) is 23.8 Å². The molecule has 1 aromatic carbocycles. The van der Waals surface area contributed by atoms with Crippen molar-refractivity contribution in [3.63, 3.8) is 0 Å². The fourth-order valence-electron chi connectivity index (χ4n) is 2.56. The van der Waals surface area contributed by atoms with Gasteiger partial charge in [0.1, 0.15) is 17.1 Å². The van der Waals surface area contributed by atoms with E-state index in [1.165, 1.54) is 0 Å². The van der Waals surface area contributed by atoms with Gasteiger partial charge in [-0.3, -0.25) is 0 Å². The van der Waals surface area contributed by atoms with Gasteiger partial charge >= 0.3 is 0 Å². The number of methoxy groups -OCH3 is 2. The molecule has 0 saturated heterocycles. The first-order valence-corrected chi connectivity index (χ1v) is 6.20. The molecule has 0 aromatic heterocycles. The van der Waals surface area contributed by atoms with E-state index in [9.17, 15) is 5.11 Å². The van der Waals surface area contributed by atoms with Gasteiger partial charge in [-0.1, -0.05) is 6.07 Å². The highest BCUT2D eigenvalue weighted by Gasteiger charge is 2.48. The second kappa shape index (κ2) is 5.16. The van der Waals surface area contributed by atoms with E-state index in [1.807, 2.05) is 25.1 Å². The topological polar surface area (TPSA) is 47.9 Å². The van der Waals surface area contributed by atoms with Crippen LogP contribution in [0, 0.1) is 0 Å². The summed E-state index contributed by atoms with van der Waals surface area (Å²) in [5, 5.41) is 10.7. The monoisotopic (exact) mass is 252 g/mol. The third-order valence-electron chi connectivity index (χ3n) is 3.43. The Labute approximate surface area is 107 Å². The number of ether oxygens (including phenoxy) is 3. The maximum absolute atomic E-state index is 10.7. The first kappa shape index (κ1) is 13.2. The Morgan fingerprint density at radius 2 is 1.78 bits per heavy atom. The normalized spacial score (nSPS) is 26.6. The molecule has 1 fully saturated rings. The van der Waals surface area contributed by atoms with Gasteiger partial charge in [0.05, 0.1) is 25.9 Å². The van der Waals surface area contributed by atoms with Crippen LogP contribution in [0.2, 0.25) is 0 Å². The molecule has 1 N–H and O–H groups in total. The summed E-state index contributed by atoms with van der Waals surface area (Å²) in [7, 11) is 3.20. The molecule has 100 valence electrons. The molecule has 0 aliphatic heterocycles. The van der Waals surface area contributed by atoms with Gasteiger partial charge in [0.2, 0.25) is 0 Å². The summed E-state index contributed by atoms with van der Waals surface area (Å²) in [5.41, 5.74) is -0.177. The highest BCUT2D eigenvalue weighted by atomic mass is 16.5. The molecule has 0 radical (unpaired) electrons. The molecule has 0 spiro atoms. The van der Waals surface area contributed by atoms with E-state index in [0.29, 0.717) is 30.9 Å². The molecule has 1 aliphatic carbocycles. The summed E-state index contributed by atoms with van der Waals surface area (Å²) in [5.74, 6) is 1.32. The first-order chi connectivity index (χ1) is 8.64. The third kappa shape index (κ3) is 2.18. The fourth-order valence-corrected chi connectivity index (χ4v) is 2.56. The zero-order valence-electron chi connectivity index (χ0n) is 11.1. The minimum atomic E-state index is -0.905. The molecule has 4 nitrogen and oxygen atoms in total. The zero-order valence-corrected chi connectivity index (χ0v) is 11.1. The van der Waals surface area contributed by atoms with Crippen molar-refractivity contribution in [1.29, 1.82) is 0 Å². The average Bonchev–Trinajstić information content (AvgIpc) is 2.36. The highest BCUT2D eigenvalue weighted by molar-refractivity contribution is 5.49. The van der Waals surface area contributed by atoms with E-state index in [-0.39, 0.29) is 6.10 Å². The van der Waals surface area contributed by atoms with E-state index in [0.717, 1.165) is 5.56 Å². The van der Waals surface area contributed by atoms with E-state index < -0.39 is 5.60 Å². The fraction of sp³-hybridized carbons (Fsp3) is 0.571. The Kier molecular flexibility index (Phi) is 3.78. The second-order valence-corrected chi connectivity index (χ2v) is 4.55. The summed E-state index contributed by atoms with van der Waals surface area (Å²) in [6, 6.07) is 5.52. The first-order valence-electron chi connectivity index (χ1n) is 6.20. The van der Waals surface area contributed by atoms with Crippen LogP contribution >= 0.6 is 0 Å². The van der Waals surface area contributed by atoms with Crippen molar-refractivity contribution in [3.8, 4) is 11.5 Å². The summed E-state index contributed by atoms with van der Waals surface area (Å²) < 4.78 is 16.1. The van der Waals surface area contributed by atoms with Gasteiger partial charge in [0, 0.05) is 19.4 Å². The van der Waals surface area contributed by atoms with E-state index in [1.54, 1.807) is 14.2 Å². The van der Waals surface area contributed by atoms with Crippen LogP contribution < -0.4 is 9.47 Å². The molecule has 1 aliphatic rings. The van der Waals surface area contributed by atoms with E-state index in [4.69, 9.17) is 14.2 Å². The molecule has 0 bridgehead atoms. The Morgan fingerprint density at radius 3 is 2.22 bits per heavy atom. The van der Waals surface area contributed by atoms with E-state index >= 15 is 0 Å². The third-order valence-corrected chi connectivity index (χ3v) is 3.43. The molecule has 2 rings (SSSR count). The van der Waals surface area contributed by atoms with Crippen LogP contribution in [0.1, 0.15) is 25.3 Å². The number of benzene rings is 1. The van der Waals surface area contributed by atoms with Crippen molar-refractivity contribution >= 4 is 0 Å². The SMILES string of the molecule is CCOC1CC(O)(c2c(OC)cccc2OC)C1. The molecule has 18 heavy (non-hydrogen) atoms. The molecule has 1 aromatic rings. The number of aliphatic hydroxyl groups is 1. The van der Waals surface area contributed by atoms with Gasteiger partial charge in [-0.25, -0.2) is 0 Å². The Balaban J connectivity index is 2.28. The van der Waals surface area contributed by atoms with Crippen LogP contribution in [-0.4, -0.2) is 32.0 Å². The highest BCUT2D eigenvalue weighted by Crippen LogP contribution is 2.49. The largest absolute Gasteiger partial charge is 0.496 e. The maximum atomic E-state index is 10.7. The predicted octanol–water partition coefficient (Wildman–Crippen LogP) is 2.09. The lowest BCUT2D eigenvalue weighted by molar-refractivity contribution is -0.144. The average molecular weight is 252 g/mol.